The zero-order chi connectivity index (χ0) is 13.8. The van der Waals surface area contributed by atoms with E-state index in [-0.39, 0.29) is 5.91 Å². The largest absolute Gasteiger partial charge is 0.321 e. The summed E-state index contributed by atoms with van der Waals surface area (Å²) < 4.78 is 0. The summed E-state index contributed by atoms with van der Waals surface area (Å²) in [7, 11) is 0. The fraction of sp³-hybridized carbons (Fsp3) is 0.0714. The third-order valence-electron chi connectivity index (χ3n) is 2.55. The first-order valence-electron chi connectivity index (χ1n) is 5.54. The molecule has 0 fully saturated rings. The highest BCUT2D eigenvalue weighted by atomic mass is 35.5. The van der Waals surface area contributed by atoms with Crippen LogP contribution < -0.4 is 5.32 Å². The van der Waals surface area contributed by atoms with E-state index in [1.165, 1.54) is 0 Å². The molecule has 0 spiro atoms. The van der Waals surface area contributed by atoms with Crippen molar-refractivity contribution in [1.82, 2.24) is 0 Å². The Hall–Kier alpha value is -1.10. The summed E-state index contributed by atoms with van der Waals surface area (Å²) in [4.78, 5) is 13.9. The number of hydrogen-bond donors (Lipinski definition) is 2. The molecule has 0 saturated carbocycles. The molecule has 0 unspecified atom stereocenters. The van der Waals surface area contributed by atoms with Crippen molar-refractivity contribution in [2.75, 3.05) is 11.6 Å². The van der Waals surface area contributed by atoms with Crippen molar-refractivity contribution in [3.05, 3.63) is 53.1 Å². The lowest BCUT2D eigenvalue weighted by Gasteiger charge is -2.10. The zero-order valence-corrected chi connectivity index (χ0v) is 12.6. The third-order valence-corrected chi connectivity index (χ3v) is 3.95. The molecule has 5 heteroatoms. The van der Waals surface area contributed by atoms with Crippen LogP contribution in [-0.2, 0) is 0 Å². The molecule has 0 atom stereocenters. The minimum absolute atomic E-state index is 0.234. The average Bonchev–Trinajstić information content (AvgIpc) is 2.42. The second-order valence-electron chi connectivity index (χ2n) is 3.82. The molecule has 0 aliphatic carbocycles. The van der Waals surface area contributed by atoms with Crippen LogP contribution in [0.25, 0.3) is 0 Å². The molecule has 0 bridgehead atoms. The first-order chi connectivity index (χ1) is 9.11. The molecule has 0 aliphatic rings. The number of halogens is 1. The van der Waals surface area contributed by atoms with Gasteiger partial charge in [-0.2, -0.15) is 0 Å². The van der Waals surface area contributed by atoms with Crippen molar-refractivity contribution in [1.29, 1.82) is 0 Å². The predicted octanol–water partition coefficient (Wildman–Crippen LogP) is 4.60. The fourth-order valence-corrected chi connectivity index (χ4v) is 2.59. The van der Waals surface area contributed by atoms with E-state index in [9.17, 15) is 4.79 Å². The molecule has 2 aromatic rings. The first-order valence-corrected chi connectivity index (χ1v) is 7.59. The lowest BCUT2D eigenvalue weighted by Crippen LogP contribution is -2.13. The topological polar surface area (TPSA) is 29.1 Å². The zero-order valence-electron chi connectivity index (χ0n) is 10.2. The van der Waals surface area contributed by atoms with E-state index in [1.54, 1.807) is 30.0 Å². The molecular formula is C14H12ClNOS2. The number of amides is 1. The lowest BCUT2D eigenvalue weighted by molar-refractivity contribution is 0.102. The predicted molar refractivity (Wildman–Crippen MR) is 84.9 cm³/mol. The maximum atomic E-state index is 12.2. The van der Waals surface area contributed by atoms with E-state index in [1.807, 2.05) is 30.5 Å². The van der Waals surface area contributed by atoms with Gasteiger partial charge in [-0.3, -0.25) is 4.79 Å². The maximum Gasteiger partial charge on any atom is 0.257 e. The highest BCUT2D eigenvalue weighted by molar-refractivity contribution is 7.98. The van der Waals surface area contributed by atoms with Crippen LogP contribution >= 0.6 is 36.0 Å². The molecular weight excluding hydrogens is 298 g/mol. The van der Waals surface area contributed by atoms with Gasteiger partial charge >= 0.3 is 0 Å². The van der Waals surface area contributed by atoms with E-state index in [2.05, 4.69) is 17.9 Å². The normalized spacial score (nSPS) is 10.3. The Bertz CT molecular complexity index is 616. The molecule has 0 aliphatic heterocycles. The van der Waals surface area contributed by atoms with Gasteiger partial charge in [-0.05, 0) is 36.6 Å². The maximum absolute atomic E-state index is 12.2. The lowest BCUT2D eigenvalue weighted by atomic mass is 10.2. The van der Waals surface area contributed by atoms with Gasteiger partial charge in [0.25, 0.3) is 5.91 Å². The van der Waals surface area contributed by atoms with Gasteiger partial charge in [0.05, 0.1) is 16.3 Å². The number of benzene rings is 2. The third kappa shape index (κ3) is 3.47. The minimum Gasteiger partial charge on any atom is -0.321 e. The number of thiol groups is 1. The van der Waals surface area contributed by atoms with Crippen LogP contribution in [0.3, 0.4) is 0 Å². The van der Waals surface area contributed by atoms with Crippen molar-refractivity contribution in [3.8, 4) is 0 Å². The molecule has 0 radical (unpaired) electrons. The fourth-order valence-electron chi connectivity index (χ4n) is 1.62. The summed E-state index contributed by atoms with van der Waals surface area (Å²) in [6.07, 6.45) is 1.96. The second-order valence-corrected chi connectivity index (χ2v) is 5.59. The van der Waals surface area contributed by atoms with Crippen molar-refractivity contribution < 1.29 is 4.79 Å². The number of rotatable bonds is 3. The van der Waals surface area contributed by atoms with Crippen LogP contribution in [0.15, 0.2) is 52.3 Å². The van der Waals surface area contributed by atoms with Gasteiger partial charge in [-0.15, -0.1) is 24.4 Å². The summed E-state index contributed by atoms with van der Waals surface area (Å²) in [6.45, 7) is 0. The molecule has 2 aromatic carbocycles. The van der Waals surface area contributed by atoms with Crippen molar-refractivity contribution in [3.63, 3.8) is 0 Å². The van der Waals surface area contributed by atoms with Crippen molar-refractivity contribution >= 4 is 47.6 Å². The van der Waals surface area contributed by atoms with E-state index < -0.39 is 0 Å². The Kier molecular flexibility index (Phi) is 4.80. The van der Waals surface area contributed by atoms with Gasteiger partial charge in [-0.1, -0.05) is 23.7 Å². The summed E-state index contributed by atoms with van der Waals surface area (Å²) in [5.41, 5.74) is 1.20. The number of nitrogens with one attached hydrogen (secondary N) is 1. The summed E-state index contributed by atoms with van der Waals surface area (Å²) in [6, 6.07) is 12.7. The van der Waals surface area contributed by atoms with Crippen LogP contribution in [0.5, 0.6) is 0 Å². The molecule has 0 saturated heterocycles. The van der Waals surface area contributed by atoms with Crippen molar-refractivity contribution in [2.24, 2.45) is 0 Å². The van der Waals surface area contributed by atoms with Crippen LogP contribution in [0.1, 0.15) is 10.4 Å². The summed E-state index contributed by atoms with van der Waals surface area (Å²) in [5, 5.41) is 3.28. The summed E-state index contributed by atoms with van der Waals surface area (Å²) in [5.74, 6) is -0.234. The Morgan fingerprint density at radius 1 is 1.26 bits per heavy atom. The molecule has 1 N–H and O–H groups in total. The van der Waals surface area contributed by atoms with Crippen LogP contribution in [0.2, 0.25) is 5.02 Å². The molecule has 0 aromatic heterocycles. The van der Waals surface area contributed by atoms with Gasteiger partial charge in [0.15, 0.2) is 0 Å². The molecule has 0 heterocycles. The standard InChI is InChI=1S/C14H12ClNOS2/c1-19-13-5-3-2-4-12(13)16-14(17)10-8-9(18)6-7-11(10)15/h2-8,18H,1H3,(H,16,17). The van der Waals surface area contributed by atoms with Gasteiger partial charge in [0.1, 0.15) is 0 Å². The highest BCUT2D eigenvalue weighted by Crippen LogP contribution is 2.26. The van der Waals surface area contributed by atoms with Crippen molar-refractivity contribution in [2.45, 2.75) is 9.79 Å². The number of carbonyl (C=O) groups excluding carboxylic acids is 1. The first kappa shape index (κ1) is 14.3. The van der Waals surface area contributed by atoms with Gasteiger partial charge < -0.3 is 5.32 Å². The number of hydrogen-bond acceptors (Lipinski definition) is 3. The Morgan fingerprint density at radius 2 is 2.00 bits per heavy atom. The molecule has 1 amide bonds. The van der Waals surface area contributed by atoms with Gasteiger partial charge in [-0.25, -0.2) is 0 Å². The van der Waals surface area contributed by atoms with E-state index >= 15 is 0 Å². The van der Waals surface area contributed by atoms with Crippen LogP contribution in [0.4, 0.5) is 5.69 Å². The molecule has 98 valence electrons. The quantitative estimate of drug-likeness (QED) is 0.641. The smallest absolute Gasteiger partial charge is 0.257 e. The van der Waals surface area contributed by atoms with E-state index in [0.717, 1.165) is 10.6 Å². The number of thioether (sulfide) groups is 1. The van der Waals surface area contributed by atoms with Gasteiger partial charge in [0.2, 0.25) is 0 Å². The van der Waals surface area contributed by atoms with Gasteiger partial charge in [0, 0.05) is 9.79 Å². The number of anilines is 1. The monoisotopic (exact) mass is 309 g/mol. The highest BCUT2D eigenvalue weighted by Gasteiger charge is 2.12. The average molecular weight is 310 g/mol. The Balaban J connectivity index is 2.28. The SMILES string of the molecule is CSc1ccccc1NC(=O)c1cc(S)ccc1Cl. The molecule has 2 rings (SSSR count). The van der Waals surface area contributed by atoms with Crippen LogP contribution in [-0.4, -0.2) is 12.2 Å². The molecule has 19 heavy (non-hydrogen) atoms. The minimum atomic E-state index is -0.234. The summed E-state index contributed by atoms with van der Waals surface area (Å²) >= 11 is 11.8. The van der Waals surface area contributed by atoms with Crippen LogP contribution in [0, 0.1) is 0 Å². The van der Waals surface area contributed by atoms with E-state index in [0.29, 0.717) is 15.5 Å². The second kappa shape index (κ2) is 6.37. The Labute approximate surface area is 127 Å². The Morgan fingerprint density at radius 3 is 2.74 bits per heavy atom. The van der Waals surface area contributed by atoms with E-state index in [4.69, 9.17) is 11.6 Å². The number of para-hydroxylation sites is 1. The molecule has 2 nitrogen and oxygen atoms in total. The number of carbonyl (C=O) groups is 1.